The fraction of sp³-hybridized carbons (Fsp3) is 0.280. The van der Waals surface area contributed by atoms with E-state index >= 15 is 0 Å². The minimum atomic E-state index is -0.831. The number of aromatic nitrogens is 2. The minimum Gasteiger partial charge on any atom is -0.497 e. The summed E-state index contributed by atoms with van der Waals surface area (Å²) < 4.78 is 28.7. The summed E-state index contributed by atoms with van der Waals surface area (Å²) in [6.07, 6.45) is -0.831. The molecule has 9 nitrogen and oxygen atoms in total. The van der Waals surface area contributed by atoms with Crippen LogP contribution in [0.3, 0.4) is 0 Å². The van der Waals surface area contributed by atoms with Crippen molar-refractivity contribution in [3.8, 4) is 28.5 Å². The second-order valence-corrected chi connectivity index (χ2v) is 7.37. The van der Waals surface area contributed by atoms with Gasteiger partial charge < -0.3 is 33.2 Å². The van der Waals surface area contributed by atoms with Gasteiger partial charge in [0.1, 0.15) is 11.5 Å². The quantitative estimate of drug-likeness (QED) is 0.372. The Hall–Kier alpha value is -4.14. The highest BCUT2D eigenvalue weighted by Gasteiger charge is 2.26. The summed E-state index contributed by atoms with van der Waals surface area (Å²) >= 11 is 0. The van der Waals surface area contributed by atoms with Gasteiger partial charge in [-0.05, 0) is 32.0 Å². The fourth-order valence-electron chi connectivity index (χ4n) is 3.95. The van der Waals surface area contributed by atoms with E-state index in [1.54, 1.807) is 32.0 Å². The molecule has 0 saturated heterocycles. The molecule has 0 aliphatic carbocycles. The molecule has 0 atom stereocenters. The van der Waals surface area contributed by atoms with Gasteiger partial charge in [-0.3, -0.25) is 0 Å². The number of methoxy groups -OCH3 is 1. The Morgan fingerprint density at radius 3 is 2.53 bits per heavy atom. The van der Waals surface area contributed by atoms with Crippen LogP contribution < -0.4 is 14.2 Å². The summed E-state index contributed by atoms with van der Waals surface area (Å²) in [6.45, 7) is 3.56. The standard InChI is InChI=1S/C25H26N2O7/c1-5-31-20(28)14-33-19-13-15(30-4)11-12-17(19)21-23-22(26-24(21)34-25(29)32-6-2)16-9-7-8-10-18(16)27(23)3/h7-13,26H,5-6,14H2,1-4H3. The number of carbonyl (C=O) groups excluding carboxylic acids is 2. The lowest BCUT2D eigenvalue weighted by Crippen LogP contribution is -2.15. The molecule has 0 spiro atoms. The van der Waals surface area contributed by atoms with Gasteiger partial charge in [-0.2, -0.15) is 0 Å². The molecule has 2 aromatic carbocycles. The van der Waals surface area contributed by atoms with Crippen molar-refractivity contribution in [3.05, 3.63) is 42.5 Å². The summed E-state index contributed by atoms with van der Waals surface area (Å²) in [7, 11) is 3.47. The Labute approximate surface area is 196 Å². The molecular weight excluding hydrogens is 440 g/mol. The predicted octanol–water partition coefficient (Wildman–Crippen LogP) is 4.81. The first-order valence-corrected chi connectivity index (χ1v) is 10.9. The summed E-state index contributed by atoms with van der Waals surface area (Å²) in [4.78, 5) is 27.4. The summed E-state index contributed by atoms with van der Waals surface area (Å²) in [5.41, 5.74) is 3.77. The van der Waals surface area contributed by atoms with E-state index in [1.165, 1.54) is 7.11 Å². The van der Waals surface area contributed by atoms with E-state index < -0.39 is 12.1 Å². The first-order chi connectivity index (χ1) is 16.5. The maximum Gasteiger partial charge on any atom is 0.515 e. The molecule has 2 heterocycles. The molecule has 4 rings (SSSR count). The maximum absolute atomic E-state index is 12.2. The van der Waals surface area contributed by atoms with Gasteiger partial charge in [-0.25, -0.2) is 9.59 Å². The number of benzene rings is 2. The average Bonchev–Trinajstić information content (AvgIpc) is 3.33. The Bertz CT molecular complexity index is 1350. The van der Waals surface area contributed by atoms with Crippen LogP contribution in [0.5, 0.6) is 17.4 Å². The molecule has 4 aromatic rings. The molecule has 0 aliphatic rings. The van der Waals surface area contributed by atoms with Gasteiger partial charge in [0.15, 0.2) is 6.61 Å². The van der Waals surface area contributed by atoms with E-state index in [0.29, 0.717) is 22.6 Å². The molecule has 178 valence electrons. The number of H-pyrrole nitrogens is 1. The van der Waals surface area contributed by atoms with Crippen LogP contribution in [0, 0.1) is 0 Å². The SMILES string of the molecule is CCOC(=O)COc1cc(OC)ccc1-c1c(OC(=O)OCC)[nH]c2c3ccccc3n(C)c12. The number of para-hydroxylation sites is 1. The van der Waals surface area contributed by atoms with Crippen molar-refractivity contribution < 1.29 is 33.3 Å². The Balaban J connectivity index is 1.93. The summed E-state index contributed by atoms with van der Waals surface area (Å²) in [5.74, 6) is 0.616. The molecule has 9 heteroatoms. The van der Waals surface area contributed by atoms with Gasteiger partial charge in [0, 0.05) is 24.1 Å². The van der Waals surface area contributed by atoms with Gasteiger partial charge >= 0.3 is 12.1 Å². The monoisotopic (exact) mass is 466 g/mol. The number of aromatic amines is 1. The number of esters is 1. The zero-order valence-corrected chi connectivity index (χ0v) is 19.5. The molecule has 1 N–H and O–H groups in total. The highest BCUT2D eigenvalue weighted by molar-refractivity contribution is 6.13. The van der Waals surface area contributed by atoms with Crippen molar-refractivity contribution in [2.24, 2.45) is 7.05 Å². The number of carbonyl (C=O) groups is 2. The van der Waals surface area contributed by atoms with Crippen LogP contribution in [-0.2, 0) is 21.3 Å². The van der Waals surface area contributed by atoms with Crippen LogP contribution in [0.2, 0.25) is 0 Å². The second kappa shape index (κ2) is 9.78. The molecule has 2 aromatic heterocycles. The van der Waals surface area contributed by atoms with E-state index in [0.717, 1.165) is 21.9 Å². The van der Waals surface area contributed by atoms with Crippen molar-refractivity contribution in [1.29, 1.82) is 0 Å². The molecule has 0 saturated carbocycles. The van der Waals surface area contributed by atoms with Gasteiger partial charge in [0.2, 0.25) is 5.88 Å². The molecule has 0 bridgehead atoms. The normalized spacial score (nSPS) is 10.9. The first kappa shape index (κ1) is 23.0. The van der Waals surface area contributed by atoms with Crippen molar-refractivity contribution in [2.75, 3.05) is 26.9 Å². The topological polar surface area (TPSA) is 101 Å². The number of nitrogens with zero attached hydrogens (tertiary/aromatic N) is 1. The van der Waals surface area contributed by atoms with Gasteiger partial charge in [0.05, 0.1) is 42.4 Å². The third kappa shape index (κ3) is 4.24. The highest BCUT2D eigenvalue weighted by Crippen LogP contribution is 2.45. The molecule has 0 amide bonds. The lowest BCUT2D eigenvalue weighted by molar-refractivity contribution is -0.145. The van der Waals surface area contributed by atoms with E-state index in [9.17, 15) is 9.59 Å². The fourth-order valence-corrected chi connectivity index (χ4v) is 3.95. The van der Waals surface area contributed by atoms with Crippen molar-refractivity contribution >= 4 is 34.1 Å². The average molecular weight is 466 g/mol. The highest BCUT2D eigenvalue weighted by atomic mass is 16.7. The van der Waals surface area contributed by atoms with Gasteiger partial charge in [-0.1, -0.05) is 18.2 Å². The van der Waals surface area contributed by atoms with Crippen molar-refractivity contribution in [2.45, 2.75) is 13.8 Å². The molecule has 0 radical (unpaired) electrons. The molecule has 34 heavy (non-hydrogen) atoms. The third-order valence-corrected chi connectivity index (χ3v) is 5.37. The van der Waals surface area contributed by atoms with Crippen molar-refractivity contribution in [3.63, 3.8) is 0 Å². The largest absolute Gasteiger partial charge is 0.515 e. The van der Waals surface area contributed by atoms with Gasteiger partial charge in [0.25, 0.3) is 0 Å². The van der Waals surface area contributed by atoms with E-state index in [-0.39, 0.29) is 25.7 Å². The molecule has 0 fully saturated rings. The van der Waals surface area contributed by atoms with E-state index in [2.05, 4.69) is 4.98 Å². The lowest BCUT2D eigenvalue weighted by Gasteiger charge is -2.14. The molecule has 0 unspecified atom stereocenters. The number of hydrogen-bond acceptors (Lipinski definition) is 7. The molecule has 0 aliphatic heterocycles. The molecular formula is C25H26N2O7. The number of fused-ring (bicyclic) bond motifs is 3. The van der Waals surface area contributed by atoms with Crippen LogP contribution >= 0.6 is 0 Å². The van der Waals surface area contributed by atoms with Crippen LogP contribution in [0.15, 0.2) is 42.5 Å². The maximum atomic E-state index is 12.2. The second-order valence-electron chi connectivity index (χ2n) is 7.37. The Morgan fingerprint density at radius 1 is 1.03 bits per heavy atom. The van der Waals surface area contributed by atoms with Crippen molar-refractivity contribution in [1.82, 2.24) is 9.55 Å². The Morgan fingerprint density at radius 2 is 1.79 bits per heavy atom. The smallest absolute Gasteiger partial charge is 0.497 e. The Kier molecular flexibility index (Phi) is 6.62. The number of ether oxygens (including phenoxy) is 5. The number of hydrogen-bond donors (Lipinski definition) is 1. The van der Waals surface area contributed by atoms with Gasteiger partial charge in [-0.15, -0.1) is 0 Å². The van der Waals surface area contributed by atoms with Crippen LogP contribution in [0.4, 0.5) is 4.79 Å². The zero-order chi connectivity index (χ0) is 24.2. The first-order valence-electron chi connectivity index (χ1n) is 10.9. The number of nitrogens with one attached hydrogen (secondary N) is 1. The third-order valence-electron chi connectivity index (χ3n) is 5.37. The lowest BCUT2D eigenvalue weighted by atomic mass is 10.1. The van der Waals surface area contributed by atoms with Crippen LogP contribution in [-0.4, -0.2) is 48.6 Å². The van der Waals surface area contributed by atoms with E-state index in [4.69, 9.17) is 23.7 Å². The summed E-state index contributed by atoms with van der Waals surface area (Å²) in [5, 5.41) is 0.961. The number of rotatable bonds is 8. The predicted molar refractivity (Wildman–Crippen MR) is 127 cm³/mol. The number of aryl methyl sites for hydroxylation is 1. The zero-order valence-electron chi connectivity index (χ0n) is 19.5. The minimum absolute atomic E-state index is 0.174. The summed E-state index contributed by atoms with van der Waals surface area (Å²) in [6, 6.07) is 13.1. The van der Waals surface area contributed by atoms with Crippen LogP contribution in [0.25, 0.3) is 33.1 Å². The van der Waals surface area contributed by atoms with Crippen LogP contribution in [0.1, 0.15) is 13.8 Å². The van der Waals surface area contributed by atoms with E-state index in [1.807, 2.05) is 35.9 Å².